The summed E-state index contributed by atoms with van der Waals surface area (Å²) < 4.78 is 5.15. The summed E-state index contributed by atoms with van der Waals surface area (Å²) in [7, 11) is 0. The maximum atomic E-state index is 10.4. The molecule has 2 rings (SSSR count). The summed E-state index contributed by atoms with van der Waals surface area (Å²) in [6.45, 7) is 1.90. The van der Waals surface area contributed by atoms with Gasteiger partial charge < -0.3 is 10.2 Å². The van der Waals surface area contributed by atoms with Gasteiger partial charge in [0.25, 0.3) is 0 Å². The molecule has 0 radical (unpaired) electrons. The van der Waals surface area contributed by atoms with Crippen molar-refractivity contribution in [3.05, 3.63) is 28.0 Å². The Balaban J connectivity index is 2.29. The van der Waals surface area contributed by atoms with E-state index in [1.54, 1.807) is 6.07 Å². The Labute approximate surface area is 81.0 Å². The van der Waals surface area contributed by atoms with Gasteiger partial charge >= 0.3 is 5.88 Å². The summed E-state index contributed by atoms with van der Waals surface area (Å²) in [5.41, 5.74) is 5.68. The van der Waals surface area contributed by atoms with Gasteiger partial charge in [-0.05, 0) is 25.8 Å². The monoisotopic (exact) mass is 196 g/mol. The average Bonchev–Trinajstić information content (AvgIpc) is 2.77. The van der Waals surface area contributed by atoms with Crippen LogP contribution in [0.2, 0.25) is 0 Å². The summed E-state index contributed by atoms with van der Waals surface area (Å²) in [5.74, 6) is 0.450. The highest BCUT2D eigenvalue weighted by molar-refractivity contribution is 5.30. The Kier molecular flexibility index (Phi) is 1.85. The second-order valence-electron chi connectivity index (χ2n) is 3.84. The second-order valence-corrected chi connectivity index (χ2v) is 3.84. The second kappa shape index (κ2) is 2.81. The zero-order chi connectivity index (χ0) is 10.3. The van der Waals surface area contributed by atoms with Crippen LogP contribution >= 0.6 is 0 Å². The first-order valence-corrected chi connectivity index (χ1v) is 4.56. The molecule has 0 spiro atoms. The molecule has 1 aromatic rings. The molecule has 5 heteroatoms. The highest BCUT2D eigenvalue weighted by Crippen LogP contribution is 2.51. The Morgan fingerprint density at radius 1 is 1.64 bits per heavy atom. The minimum atomic E-state index is -0.527. The molecule has 1 heterocycles. The zero-order valence-corrected chi connectivity index (χ0v) is 7.90. The van der Waals surface area contributed by atoms with E-state index >= 15 is 0 Å². The van der Waals surface area contributed by atoms with E-state index in [4.69, 9.17) is 10.2 Å². The number of furan rings is 1. The molecule has 2 N–H and O–H groups in total. The van der Waals surface area contributed by atoms with E-state index in [9.17, 15) is 10.1 Å². The predicted molar refractivity (Wildman–Crippen MR) is 49.9 cm³/mol. The van der Waals surface area contributed by atoms with Gasteiger partial charge in [0, 0.05) is 11.5 Å². The normalized spacial score (nSPS) is 20.4. The Hall–Kier alpha value is -1.36. The summed E-state index contributed by atoms with van der Waals surface area (Å²) in [6, 6.07) is 3.03. The molecule has 0 aromatic carbocycles. The lowest BCUT2D eigenvalue weighted by atomic mass is 9.96. The molecule has 14 heavy (non-hydrogen) atoms. The fourth-order valence-electron chi connectivity index (χ4n) is 1.75. The van der Waals surface area contributed by atoms with Crippen molar-refractivity contribution in [3.63, 3.8) is 0 Å². The summed E-state index contributed by atoms with van der Waals surface area (Å²) in [6.07, 6.45) is 1.91. The molecule has 1 aromatic heterocycles. The highest BCUT2D eigenvalue weighted by Gasteiger charge is 2.50. The molecule has 1 saturated carbocycles. The van der Waals surface area contributed by atoms with Crippen LogP contribution in [0.5, 0.6) is 0 Å². The van der Waals surface area contributed by atoms with Gasteiger partial charge in [-0.1, -0.05) is 0 Å². The topological polar surface area (TPSA) is 82.3 Å². The van der Waals surface area contributed by atoms with Gasteiger partial charge in [0.1, 0.15) is 10.7 Å². The van der Waals surface area contributed by atoms with Crippen molar-refractivity contribution in [1.29, 1.82) is 0 Å². The lowest BCUT2D eigenvalue weighted by Crippen LogP contribution is -2.31. The van der Waals surface area contributed by atoms with E-state index in [1.807, 2.05) is 6.92 Å². The number of nitro groups is 1. The molecule has 1 atom stereocenters. The van der Waals surface area contributed by atoms with Crippen LogP contribution in [0, 0.1) is 10.1 Å². The minimum absolute atomic E-state index is 0.0201. The number of hydrogen-bond donors (Lipinski definition) is 1. The minimum Gasteiger partial charge on any atom is -0.405 e. The third kappa shape index (κ3) is 1.21. The van der Waals surface area contributed by atoms with Crippen molar-refractivity contribution in [2.24, 2.45) is 5.73 Å². The van der Waals surface area contributed by atoms with E-state index in [2.05, 4.69) is 0 Å². The quantitative estimate of drug-likeness (QED) is 0.587. The number of rotatable bonds is 3. The van der Waals surface area contributed by atoms with E-state index < -0.39 is 4.92 Å². The maximum Gasteiger partial charge on any atom is 0.433 e. The van der Waals surface area contributed by atoms with Crippen LogP contribution in [-0.2, 0) is 5.41 Å². The lowest BCUT2D eigenvalue weighted by Gasteiger charge is -2.15. The Morgan fingerprint density at radius 2 is 2.29 bits per heavy atom. The molecule has 1 aliphatic rings. The molecule has 0 aliphatic heterocycles. The molecule has 5 nitrogen and oxygen atoms in total. The number of nitrogens with two attached hydrogens (primary N) is 1. The zero-order valence-electron chi connectivity index (χ0n) is 7.90. The van der Waals surface area contributed by atoms with Gasteiger partial charge in [-0.3, -0.25) is 10.1 Å². The third-order valence-electron chi connectivity index (χ3n) is 2.92. The van der Waals surface area contributed by atoms with E-state index in [1.165, 1.54) is 6.07 Å². The molecular formula is C9H12N2O3. The Morgan fingerprint density at radius 3 is 2.64 bits per heavy atom. The standard InChI is InChI=1S/C9H12N2O3/c1-6(10)9(4-5-9)7-2-3-8(14-7)11(12)13/h2-3,6H,4-5,10H2,1H3. The Bertz CT molecular complexity index is 366. The summed E-state index contributed by atoms with van der Waals surface area (Å²) in [4.78, 5) is 9.89. The SMILES string of the molecule is CC(N)C1(c2ccc([N+](=O)[O-])o2)CC1. The first kappa shape index (κ1) is 9.21. The summed E-state index contributed by atoms with van der Waals surface area (Å²) in [5, 5.41) is 10.4. The molecule has 1 fully saturated rings. The molecule has 0 amide bonds. The molecule has 1 unspecified atom stereocenters. The number of hydrogen-bond acceptors (Lipinski definition) is 4. The van der Waals surface area contributed by atoms with Gasteiger partial charge in [-0.15, -0.1) is 0 Å². The van der Waals surface area contributed by atoms with E-state index in [0.29, 0.717) is 5.76 Å². The van der Waals surface area contributed by atoms with Crippen molar-refractivity contribution < 1.29 is 9.34 Å². The smallest absolute Gasteiger partial charge is 0.405 e. The van der Waals surface area contributed by atoms with Crippen molar-refractivity contribution in [2.45, 2.75) is 31.2 Å². The van der Waals surface area contributed by atoms with Crippen molar-refractivity contribution in [2.75, 3.05) is 0 Å². The van der Waals surface area contributed by atoms with Crippen LogP contribution in [0.25, 0.3) is 0 Å². The molecule has 0 bridgehead atoms. The molecular weight excluding hydrogens is 184 g/mol. The van der Waals surface area contributed by atoms with Crippen molar-refractivity contribution in [3.8, 4) is 0 Å². The fraction of sp³-hybridized carbons (Fsp3) is 0.556. The third-order valence-corrected chi connectivity index (χ3v) is 2.92. The molecule has 1 aliphatic carbocycles. The largest absolute Gasteiger partial charge is 0.433 e. The van der Waals surface area contributed by atoms with E-state index in [0.717, 1.165) is 12.8 Å². The van der Waals surface area contributed by atoms with Gasteiger partial charge in [0.2, 0.25) is 0 Å². The summed E-state index contributed by atoms with van der Waals surface area (Å²) >= 11 is 0. The van der Waals surface area contributed by atoms with Crippen LogP contribution in [0.15, 0.2) is 16.5 Å². The van der Waals surface area contributed by atoms with Gasteiger partial charge in [0.05, 0.1) is 6.07 Å². The highest BCUT2D eigenvalue weighted by atomic mass is 16.6. The average molecular weight is 196 g/mol. The van der Waals surface area contributed by atoms with Crippen LogP contribution in [0.1, 0.15) is 25.5 Å². The maximum absolute atomic E-state index is 10.4. The van der Waals surface area contributed by atoms with Crippen molar-refractivity contribution in [1.82, 2.24) is 0 Å². The van der Waals surface area contributed by atoms with Gasteiger partial charge in [-0.2, -0.15) is 0 Å². The number of nitrogens with zero attached hydrogens (tertiary/aromatic N) is 1. The van der Waals surface area contributed by atoms with Crippen LogP contribution < -0.4 is 5.73 Å². The van der Waals surface area contributed by atoms with E-state index in [-0.39, 0.29) is 17.3 Å². The van der Waals surface area contributed by atoms with Crippen LogP contribution in [0.4, 0.5) is 5.88 Å². The molecule has 0 saturated heterocycles. The van der Waals surface area contributed by atoms with Gasteiger partial charge in [0.15, 0.2) is 0 Å². The van der Waals surface area contributed by atoms with Gasteiger partial charge in [-0.25, -0.2) is 0 Å². The predicted octanol–water partition coefficient (Wildman–Crippen LogP) is 1.57. The first-order chi connectivity index (χ1) is 6.56. The first-order valence-electron chi connectivity index (χ1n) is 4.56. The van der Waals surface area contributed by atoms with Crippen LogP contribution in [0.3, 0.4) is 0 Å². The van der Waals surface area contributed by atoms with Crippen molar-refractivity contribution >= 4 is 5.88 Å². The fourth-order valence-corrected chi connectivity index (χ4v) is 1.75. The van der Waals surface area contributed by atoms with Crippen LogP contribution in [-0.4, -0.2) is 11.0 Å². The lowest BCUT2D eigenvalue weighted by molar-refractivity contribution is -0.402. The molecule has 76 valence electrons.